The summed E-state index contributed by atoms with van der Waals surface area (Å²) in [6, 6.07) is 0. The Bertz CT molecular complexity index is 2230. The molecule has 2 unspecified atom stereocenters. The molecule has 0 aliphatic carbocycles. The summed E-state index contributed by atoms with van der Waals surface area (Å²) in [6.07, 6.45) is 115. The van der Waals surface area contributed by atoms with Crippen LogP contribution < -0.4 is 5.73 Å². The number of phosphoric ester groups is 1. The predicted molar refractivity (Wildman–Crippen MR) is 403 cm³/mol. The van der Waals surface area contributed by atoms with Crippen molar-refractivity contribution in [2.24, 2.45) is 5.73 Å². The van der Waals surface area contributed by atoms with Gasteiger partial charge in [0.2, 0.25) is 0 Å². The third kappa shape index (κ3) is 75.8. The van der Waals surface area contributed by atoms with Crippen LogP contribution in [0.2, 0.25) is 0 Å². The van der Waals surface area contributed by atoms with Crippen LogP contribution in [0.15, 0.2) is 194 Å². The summed E-state index contributed by atoms with van der Waals surface area (Å²) in [5, 5.41) is 0. The Balaban J connectivity index is 3.96. The molecule has 3 N–H and O–H groups in total. The number of nitrogens with two attached hydrogens (primary N) is 1. The van der Waals surface area contributed by atoms with E-state index < -0.39 is 32.5 Å². The first-order chi connectivity index (χ1) is 45.8. The summed E-state index contributed by atoms with van der Waals surface area (Å²) in [6.45, 7) is 3.46. The lowest BCUT2D eigenvalue weighted by Gasteiger charge is -2.19. The number of phosphoric acid groups is 1. The van der Waals surface area contributed by atoms with Crippen molar-refractivity contribution in [3.8, 4) is 0 Å². The van der Waals surface area contributed by atoms with E-state index in [1.54, 1.807) is 0 Å². The second-order valence-corrected chi connectivity index (χ2v) is 25.1. The number of carbonyl (C=O) groups excluding carboxylic acids is 2. The average molecular weight is 1300 g/mol. The summed E-state index contributed by atoms with van der Waals surface area (Å²) < 4.78 is 33.1. The fourth-order valence-electron chi connectivity index (χ4n) is 9.61. The summed E-state index contributed by atoms with van der Waals surface area (Å²) in [4.78, 5) is 35.4. The largest absolute Gasteiger partial charge is 0.472 e. The first-order valence-corrected chi connectivity index (χ1v) is 38.4. The lowest BCUT2D eigenvalue weighted by molar-refractivity contribution is -0.161. The van der Waals surface area contributed by atoms with Gasteiger partial charge >= 0.3 is 19.8 Å². The normalized spacial score (nSPS) is 14.1. The van der Waals surface area contributed by atoms with Gasteiger partial charge in [-0.25, -0.2) is 4.57 Å². The quantitative estimate of drug-likeness (QED) is 0.0264. The van der Waals surface area contributed by atoms with Gasteiger partial charge in [0, 0.05) is 19.4 Å². The van der Waals surface area contributed by atoms with Crippen molar-refractivity contribution >= 4 is 19.8 Å². The van der Waals surface area contributed by atoms with E-state index in [1.165, 1.54) is 116 Å². The first kappa shape index (κ1) is 87.9. The zero-order chi connectivity index (χ0) is 67.2. The second-order valence-electron chi connectivity index (χ2n) is 23.7. The van der Waals surface area contributed by atoms with Gasteiger partial charge in [0.1, 0.15) is 6.61 Å². The molecule has 0 aromatic rings. The van der Waals surface area contributed by atoms with Gasteiger partial charge in [-0.2, -0.15) is 0 Å². The highest BCUT2D eigenvalue weighted by atomic mass is 31.2. The molecule has 0 saturated heterocycles. The van der Waals surface area contributed by atoms with Crippen LogP contribution >= 0.6 is 7.82 Å². The van der Waals surface area contributed by atoms with Crippen molar-refractivity contribution in [1.29, 1.82) is 0 Å². The molecule has 0 amide bonds. The number of ether oxygens (including phenoxy) is 2. The van der Waals surface area contributed by atoms with Crippen molar-refractivity contribution in [1.82, 2.24) is 0 Å². The molecule has 93 heavy (non-hydrogen) atoms. The molecule has 0 aliphatic rings. The van der Waals surface area contributed by atoms with Gasteiger partial charge < -0.3 is 20.1 Å². The van der Waals surface area contributed by atoms with Crippen LogP contribution in [0.4, 0.5) is 0 Å². The Kier molecular flexibility index (Phi) is 71.7. The van der Waals surface area contributed by atoms with Crippen molar-refractivity contribution < 1.29 is 37.6 Å². The molecular weight excluding hydrogens is 1170 g/mol. The molecule has 0 saturated carbocycles. The van der Waals surface area contributed by atoms with Crippen LogP contribution in [-0.2, 0) is 32.7 Å². The van der Waals surface area contributed by atoms with Crippen molar-refractivity contribution in [2.45, 2.75) is 290 Å². The topological polar surface area (TPSA) is 134 Å². The number of allylic oxidation sites excluding steroid dienone is 32. The highest BCUT2D eigenvalue weighted by Gasteiger charge is 2.26. The maximum atomic E-state index is 12.8. The molecule has 0 aromatic carbocycles. The average Bonchev–Trinajstić information content (AvgIpc) is 3.32. The third-order valence-electron chi connectivity index (χ3n) is 15.0. The number of rotatable bonds is 67. The van der Waals surface area contributed by atoms with E-state index in [2.05, 4.69) is 208 Å². The number of hydrogen-bond donors (Lipinski definition) is 2. The number of unbranched alkanes of at least 4 members (excludes halogenated alkanes) is 22. The van der Waals surface area contributed by atoms with E-state index in [0.29, 0.717) is 6.42 Å². The molecule has 524 valence electrons. The Labute approximate surface area is 570 Å². The lowest BCUT2D eigenvalue weighted by Crippen LogP contribution is -2.29. The zero-order valence-corrected chi connectivity index (χ0v) is 59.8. The van der Waals surface area contributed by atoms with Gasteiger partial charge in [-0.3, -0.25) is 18.6 Å². The van der Waals surface area contributed by atoms with Gasteiger partial charge in [0.05, 0.1) is 13.2 Å². The van der Waals surface area contributed by atoms with Gasteiger partial charge in [0.15, 0.2) is 6.10 Å². The van der Waals surface area contributed by atoms with Crippen LogP contribution in [0, 0.1) is 0 Å². The van der Waals surface area contributed by atoms with Gasteiger partial charge in [-0.15, -0.1) is 0 Å². The van der Waals surface area contributed by atoms with Crippen molar-refractivity contribution in [2.75, 3.05) is 26.4 Å². The van der Waals surface area contributed by atoms with Gasteiger partial charge in [-0.1, -0.05) is 324 Å². The zero-order valence-electron chi connectivity index (χ0n) is 58.9. The predicted octanol–water partition coefficient (Wildman–Crippen LogP) is 24.9. The fourth-order valence-corrected chi connectivity index (χ4v) is 10.4. The van der Waals surface area contributed by atoms with E-state index in [4.69, 9.17) is 24.3 Å². The maximum Gasteiger partial charge on any atom is 0.472 e. The van der Waals surface area contributed by atoms with E-state index in [1.807, 2.05) is 0 Å². The summed E-state index contributed by atoms with van der Waals surface area (Å²) in [5.74, 6) is -0.885. The lowest BCUT2D eigenvalue weighted by atomic mass is 10.0. The molecule has 0 radical (unpaired) electrons. The molecule has 2 atom stereocenters. The van der Waals surface area contributed by atoms with Crippen LogP contribution in [0.3, 0.4) is 0 Å². The molecule has 0 aromatic heterocycles. The Hall–Kier alpha value is -5.15. The van der Waals surface area contributed by atoms with Gasteiger partial charge in [0.25, 0.3) is 0 Å². The molecule has 0 aliphatic heterocycles. The highest BCUT2D eigenvalue weighted by Crippen LogP contribution is 2.43. The first-order valence-electron chi connectivity index (χ1n) is 36.9. The molecule has 0 spiro atoms. The molecule has 0 fully saturated rings. The van der Waals surface area contributed by atoms with Crippen molar-refractivity contribution in [3.05, 3.63) is 194 Å². The van der Waals surface area contributed by atoms with Crippen LogP contribution in [0.1, 0.15) is 284 Å². The highest BCUT2D eigenvalue weighted by molar-refractivity contribution is 7.47. The number of hydrogen-bond acceptors (Lipinski definition) is 8. The minimum atomic E-state index is -4.42. The molecule has 9 nitrogen and oxygen atoms in total. The number of carbonyl (C=O) groups is 2. The van der Waals surface area contributed by atoms with E-state index >= 15 is 0 Å². The summed E-state index contributed by atoms with van der Waals surface area (Å²) >= 11 is 0. The Morgan fingerprint density at radius 2 is 0.559 bits per heavy atom. The smallest absolute Gasteiger partial charge is 0.462 e. The maximum absolute atomic E-state index is 12.8. The third-order valence-corrected chi connectivity index (χ3v) is 16.0. The molecular formula is C83H134NO8P. The van der Waals surface area contributed by atoms with Crippen LogP contribution in [0.5, 0.6) is 0 Å². The fraction of sp³-hybridized carbons (Fsp3) is 0.590. The monoisotopic (exact) mass is 1300 g/mol. The molecule has 0 rings (SSSR count). The van der Waals surface area contributed by atoms with Gasteiger partial charge in [-0.05, 0) is 141 Å². The number of esters is 2. The second kappa shape index (κ2) is 75.9. The molecule has 0 bridgehead atoms. The van der Waals surface area contributed by atoms with E-state index in [0.717, 1.165) is 135 Å². The van der Waals surface area contributed by atoms with Crippen molar-refractivity contribution in [3.63, 3.8) is 0 Å². The molecule has 10 heteroatoms. The Morgan fingerprint density at radius 3 is 0.849 bits per heavy atom. The van der Waals surface area contributed by atoms with E-state index in [9.17, 15) is 19.0 Å². The SMILES string of the molecule is CC/C=C\C/C=C\C/C=C\C/C=C\C/C=C\C/C=C\C/C=C\C/C=C\C/C=C\C/C=C\CCCCC(=O)OC(COC(=O)CCCCCCCCCCCCCCCCCCCCCC/C=C\C/C=C\C/C=C\C/C=C\C/C=C\C/C=C\CC)COP(=O)(O)OCCN. The minimum Gasteiger partial charge on any atom is -0.462 e. The molecule has 0 heterocycles. The summed E-state index contributed by atoms with van der Waals surface area (Å²) in [5.41, 5.74) is 5.40. The Morgan fingerprint density at radius 1 is 0.323 bits per heavy atom. The van der Waals surface area contributed by atoms with E-state index in [-0.39, 0.29) is 32.6 Å². The summed E-state index contributed by atoms with van der Waals surface area (Å²) in [7, 11) is -4.42. The van der Waals surface area contributed by atoms with Crippen LogP contribution in [-0.4, -0.2) is 49.3 Å². The standard InChI is InChI=1S/C83H134NO8P/c1-3-5-7-9-11-13-15-17-19-21-23-25-27-29-31-33-35-37-38-39-40-41-42-44-45-47-49-51-53-55-57-59-61-63-65-67-69-71-73-75-82(85)89-79-81(80-91-93(87,88)90-78-77-84)92-83(86)76-74-72-70-68-66-64-62-60-58-56-54-52-50-48-46-43-36-34-32-30-28-26-24-22-20-18-16-14-12-10-8-6-4-2/h5-8,11-14,17-20,23-26,29-32,35-37,43,48,50,54,56,60,62,66,68,81H,3-4,9-10,15-16,21-22,27-28,33-34,38-42,44-47,49,51-53,55,57-59,61,63-65,67,69-80,84H2,1-2H3,(H,87,88)/b7-5-,8-6-,13-11-,14-12-,19-17-,20-18-,25-23-,26-24-,31-29-,32-30-,37-35-,43-36-,50-48-,56-54-,62-60-,68-66-. The minimum absolute atomic E-state index is 0.0374. The van der Waals surface area contributed by atoms with Crippen LogP contribution in [0.25, 0.3) is 0 Å².